The Kier molecular flexibility index (Phi) is 4.18. The van der Waals surface area contributed by atoms with Gasteiger partial charge in [-0.1, -0.05) is 43.2 Å². The van der Waals surface area contributed by atoms with E-state index in [0.29, 0.717) is 26.2 Å². The fourth-order valence-electron chi connectivity index (χ4n) is 4.96. The molecule has 1 saturated heterocycles. The van der Waals surface area contributed by atoms with Crippen molar-refractivity contribution in [3.05, 3.63) is 35.9 Å². The molecule has 1 aromatic rings. The summed E-state index contributed by atoms with van der Waals surface area (Å²) in [6.45, 7) is 2.21. The summed E-state index contributed by atoms with van der Waals surface area (Å²) in [5.74, 6) is 0.131. The summed E-state index contributed by atoms with van der Waals surface area (Å²) < 4.78 is 5.05. The molecule has 134 valence electrons. The molecule has 3 fully saturated rings. The number of nitrogens with zero attached hydrogens (tertiary/aromatic N) is 1. The number of hydrogen-bond acceptors (Lipinski definition) is 3. The van der Waals surface area contributed by atoms with E-state index >= 15 is 0 Å². The van der Waals surface area contributed by atoms with Crippen LogP contribution < -0.4 is 5.32 Å². The average molecular weight is 342 g/mol. The van der Waals surface area contributed by atoms with E-state index in [0.717, 1.165) is 31.2 Å². The van der Waals surface area contributed by atoms with Crippen molar-refractivity contribution in [2.75, 3.05) is 26.2 Å². The zero-order valence-corrected chi connectivity index (χ0v) is 14.6. The van der Waals surface area contributed by atoms with Gasteiger partial charge in [-0.15, -0.1) is 0 Å². The summed E-state index contributed by atoms with van der Waals surface area (Å²) in [6.07, 6.45) is 6.29. The van der Waals surface area contributed by atoms with Gasteiger partial charge in [0.25, 0.3) is 0 Å². The lowest BCUT2D eigenvalue weighted by Crippen LogP contribution is -2.45. The molecule has 5 nitrogen and oxygen atoms in total. The Balaban J connectivity index is 1.44. The Morgan fingerprint density at radius 2 is 1.92 bits per heavy atom. The first-order valence-electron chi connectivity index (χ1n) is 9.44. The van der Waals surface area contributed by atoms with Gasteiger partial charge in [0.2, 0.25) is 5.91 Å². The molecular formula is C20H26N2O3. The van der Waals surface area contributed by atoms with Crippen LogP contribution in [0.3, 0.4) is 0 Å². The Morgan fingerprint density at radius 1 is 1.16 bits per heavy atom. The van der Waals surface area contributed by atoms with E-state index in [1.807, 2.05) is 18.2 Å². The second-order valence-electron chi connectivity index (χ2n) is 7.65. The zero-order valence-electron chi connectivity index (χ0n) is 14.6. The van der Waals surface area contributed by atoms with E-state index in [4.69, 9.17) is 4.74 Å². The Bertz CT molecular complexity index is 654. The average Bonchev–Trinajstić information content (AvgIpc) is 3.05. The molecule has 0 unspecified atom stereocenters. The third-order valence-corrected chi connectivity index (χ3v) is 6.32. The largest absolute Gasteiger partial charge is 0.449 e. The van der Waals surface area contributed by atoms with Gasteiger partial charge in [0.1, 0.15) is 0 Å². The number of carbonyl (C=O) groups is 2. The number of rotatable bonds is 5. The van der Waals surface area contributed by atoms with Crippen LogP contribution in [0.1, 0.15) is 44.1 Å². The summed E-state index contributed by atoms with van der Waals surface area (Å²) in [5, 5.41) is 3.11. The number of nitrogens with one attached hydrogen (secondary N) is 1. The molecule has 0 bridgehead atoms. The first-order valence-corrected chi connectivity index (χ1v) is 9.44. The van der Waals surface area contributed by atoms with Gasteiger partial charge in [-0.3, -0.25) is 4.79 Å². The van der Waals surface area contributed by atoms with Crippen molar-refractivity contribution in [2.45, 2.75) is 43.9 Å². The van der Waals surface area contributed by atoms with Gasteiger partial charge in [-0.2, -0.15) is 0 Å². The normalized spacial score (nSPS) is 27.2. The molecule has 3 aliphatic rings. The molecule has 2 saturated carbocycles. The maximum Gasteiger partial charge on any atom is 0.409 e. The second-order valence-corrected chi connectivity index (χ2v) is 7.65. The number of amides is 2. The maximum atomic E-state index is 13.2. The first-order chi connectivity index (χ1) is 12.2. The zero-order chi connectivity index (χ0) is 17.3. The van der Waals surface area contributed by atoms with Gasteiger partial charge in [-0.25, -0.2) is 4.79 Å². The third kappa shape index (κ3) is 2.70. The van der Waals surface area contributed by atoms with Gasteiger partial charge in [0.05, 0.1) is 12.0 Å². The molecule has 5 heteroatoms. The van der Waals surface area contributed by atoms with Crippen LogP contribution in [-0.4, -0.2) is 43.1 Å². The summed E-state index contributed by atoms with van der Waals surface area (Å²) in [4.78, 5) is 26.5. The highest BCUT2D eigenvalue weighted by molar-refractivity contribution is 5.93. The predicted octanol–water partition coefficient (Wildman–Crippen LogP) is 2.85. The summed E-state index contributed by atoms with van der Waals surface area (Å²) in [7, 11) is 0. The van der Waals surface area contributed by atoms with Crippen molar-refractivity contribution in [2.24, 2.45) is 5.41 Å². The van der Waals surface area contributed by atoms with E-state index in [1.165, 1.54) is 12.8 Å². The lowest BCUT2D eigenvalue weighted by atomic mass is 9.84. The number of benzene rings is 1. The predicted molar refractivity (Wildman–Crippen MR) is 94.2 cm³/mol. The highest BCUT2D eigenvalue weighted by Crippen LogP contribution is 2.72. The highest BCUT2D eigenvalue weighted by atomic mass is 16.6. The van der Waals surface area contributed by atoms with E-state index in [1.54, 1.807) is 4.90 Å². The minimum absolute atomic E-state index is 0.131. The van der Waals surface area contributed by atoms with Crippen LogP contribution in [0.4, 0.5) is 4.79 Å². The molecule has 2 amide bonds. The first kappa shape index (κ1) is 16.4. The SMILES string of the molecule is O=C1OCCCN1CCNC(=O)[C@]1(c2ccccc2)CC12CCCC2. The van der Waals surface area contributed by atoms with E-state index in [2.05, 4.69) is 17.4 Å². The highest BCUT2D eigenvalue weighted by Gasteiger charge is 2.72. The molecule has 1 heterocycles. The van der Waals surface area contributed by atoms with Crippen LogP contribution in [0, 0.1) is 5.41 Å². The quantitative estimate of drug-likeness (QED) is 0.895. The van der Waals surface area contributed by atoms with Gasteiger partial charge < -0.3 is 15.0 Å². The Hall–Kier alpha value is -2.04. The van der Waals surface area contributed by atoms with Crippen molar-refractivity contribution in [1.29, 1.82) is 0 Å². The topological polar surface area (TPSA) is 58.6 Å². The molecule has 1 aromatic carbocycles. The van der Waals surface area contributed by atoms with Crippen LogP contribution in [0.2, 0.25) is 0 Å². The van der Waals surface area contributed by atoms with E-state index in [9.17, 15) is 9.59 Å². The molecule has 1 aliphatic heterocycles. The minimum Gasteiger partial charge on any atom is -0.449 e. The van der Waals surface area contributed by atoms with Crippen molar-refractivity contribution in [1.82, 2.24) is 10.2 Å². The van der Waals surface area contributed by atoms with Crippen molar-refractivity contribution < 1.29 is 14.3 Å². The molecule has 1 atom stereocenters. The number of carbonyl (C=O) groups excluding carboxylic acids is 2. The van der Waals surface area contributed by atoms with E-state index in [-0.39, 0.29) is 22.8 Å². The molecule has 0 aromatic heterocycles. The number of hydrogen-bond donors (Lipinski definition) is 1. The van der Waals surface area contributed by atoms with Crippen LogP contribution in [0.5, 0.6) is 0 Å². The molecule has 1 N–H and O–H groups in total. The molecule has 1 spiro atoms. The van der Waals surface area contributed by atoms with E-state index < -0.39 is 0 Å². The van der Waals surface area contributed by atoms with Gasteiger partial charge in [-0.05, 0) is 36.7 Å². The Morgan fingerprint density at radius 3 is 2.64 bits per heavy atom. The minimum atomic E-state index is -0.368. The molecule has 2 aliphatic carbocycles. The second kappa shape index (κ2) is 6.36. The summed E-state index contributed by atoms with van der Waals surface area (Å²) in [5.41, 5.74) is 0.933. The van der Waals surface area contributed by atoms with Crippen molar-refractivity contribution in [3.8, 4) is 0 Å². The van der Waals surface area contributed by atoms with Crippen molar-refractivity contribution >= 4 is 12.0 Å². The van der Waals surface area contributed by atoms with Crippen LogP contribution in [0.25, 0.3) is 0 Å². The maximum absolute atomic E-state index is 13.2. The smallest absolute Gasteiger partial charge is 0.409 e. The van der Waals surface area contributed by atoms with Gasteiger partial charge in [0.15, 0.2) is 0 Å². The molecule has 0 radical (unpaired) electrons. The fourth-order valence-corrected chi connectivity index (χ4v) is 4.96. The number of ether oxygens (including phenoxy) is 1. The third-order valence-electron chi connectivity index (χ3n) is 6.32. The van der Waals surface area contributed by atoms with Crippen molar-refractivity contribution in [3.63, 3.8) is 0 Å². The monoisotopic (exact) mass is 342 g/mol. The lowest BCUT2D eigenvalue weighted by Gasteiger charge is -2.27. The summed E-state index contributed by atoms with van der Waals surface area (Å²) >= 11 is 0. The van der Waals surface area contributed by atoms with Crippen LogP contribution in [-0.2, 0) is 14.9 Å². The standard InChI is InChI=1S/C20H26N2O3/c23-17(21-11-13-22-12-6-14-25-18(22)24)20(16-7-2-1-3-8-16)15-19(20)9-4-5-10-19/h1-3,7-8H,4-6,9-15H2,(H,21,23)/t20-/m1/s1. The van der Waals surface area contributed by atoms with Crippen LogP contribution >= 0.6 is 0 Å². The molecule has 4 rings (SSSR count). The molecular weight excluding hydrogens is 316 g/mol. The molecule has 25 heavy (non-hydrogen) atoms. The van der Waals surface area contributed by atoms with Gasteiger partial charge in [0, 0.05) is 19.6 Å². The Labute approximate surface area is 148 Å². The van der Waals surface area contributed by atoms with Gasteiger partial charge >= 0.3 is 6.09 Å². The van der Waals surface area contributed by atoms with Crippen LogP contribution in [0.15, 0.2) is 30.3 Å². The number of cyclic esters (lactones) is 1. The summed E-state index contributed by atoms with van der Waals surface area (Å²) in [6, 6.07) is 10.2. The fraction of sp³-hybridized carbons (Fsp3) is 0.600. The lowest BCUT2D eigenvalue weighted by molar-refractivity contribution is -0.124.